The van der Waals surface area contributed by atoms with Gasteiger partial charge in [0.15, 0.2) is 6.61 Å². The van der Waals surface area contributed by atoms with Crippen molar-refractivity contribution in [2.24, 2.45) is 5.41 Å². The molecule has 1 aliphatic carbocycles. The first kappa shape index (κ1) is 16.1. The Labute approximate surface area is 133 Å². The molecule has 0 unspecified atom stereocenters. The smallest absolute Gasteiger partial charge is 0.315 e. The summed E-state index contributed by atoms with van der Waals surface area (Å²) in [5, 5.41) is 2.74. The molecule has 21 heavy (non-hydrogen) atoms. The summed E-state index contributed by atoms with van der Waals surface area (Å²) in [7, 11) is 0. The predicted octanol–water partition coefficient (Wildman–Crippen LogP) is 3.37. The largest absolute Gasteiger partial charge is 0.455 e. The number of anilines is 1. The minimum Gasteiger partial charge on any atom is -0.455 e. The number of alkyl halides is 2. The van der Waals surface area contributed by atoms with Crippen LogP contribution in [0.4, 0.5) is 5.69 Å². The lowest BCUT2D eigenvalue weighted by Crippen LogP contribution is -2.27. The zero-order chi connectivity index (χ0) is 15.8. The Morgan fingerprint density at radius 2 is 1.81 bits per heavy atom. The number of halogens is 2. The Morgan fingerprint density at radius 3 is 2.29 bits per heavy atom. The maximum Gasteiger partial charge on any atom is 0.315 e. The molecule has 1 amide bonds. The summed E-state index contributed by atoms with van der Waals surface area (Å²) >= 11 is 11.8. The molecule has 1 aromatic carbocycles. The highest BCUT2D eigenvalue weighted by atomic mass is 35.5. The fraction of sp³-hybridized carbons (Fsp3) is 0.467. The number of hydrogen-bond donors (Lipinski definition) is 1. The van der Waals surface area contributed by atoms with Crippen LogP contribution in [-0.4, -0.2) is 22.8 Å². The first-order valence-electron chi connectivity index (χ1n) is 6.58. The maximum atomic E-state index is 11.9. The third-order valence-electron chi connectivity index (χ3n) is 3.79. The Balaban J connectivity index is 1.90. The number of esters is 1. The Morgan fingerprint density at radius 1 is 1.29 bits per heavy atom. The van der Waals surface area contributed by atoms with Gasteiger partial charge in [-0.2, -0.15) is 0 Å². The average Bonchev–Trinajstić information content (AvgIpc) is 2.91. The van der Waals surface area contributed by atoms with Crippen molar-refractivity contribution in [3.63, 3.8) is 0 Å². The molecule has 1 aromatic rings. The normalized spacial score (nSPS) is 22.5. The van der Waals surface area contributed by atoms with Gasteiger partial charge in [0.2, 0.25) is 0 Å². The molecule has 1 aliphatic rings. The molecule has 0 saturated heterocycles. The van der Waals surface area contributed by atoms with Gasteiger partial charge in [-0.25, -0.2) is 0 Å². The summed E-state index contributed by atoms with van der Waals surface area (Å²) in [6, 6.07) is 5.71. The van der Waals surface area contributed by atoms with Crippen molar-refractivity contribution >= 4 is 40.8 Å². The van der Waals surface area contributed by atoms with Crippen molar-refractivity contribution in [1.82, 2.24) is 0 Å². The molecule has 1 atom stereocenters. The molecule has 4 nitrogen and oxygen atoms in total. The van der Waals surface area contributed by atoms with E-state index in [9.17, 15) is 9.59 Å². The third-order valence-corrected chi connectivity index (χ3v) is 4.89. The van der Waals surface area contributed by atoms with Gasteiger partial charge < -0.3 is 10.1 Å². The second kappa shape index (κ2) is 5.50. The van der Waals surface area contributed by atoms with E-state index < -0.39 is 15.7 Å². The van der Waals surface area contributed by atoms with Crippen LogP contribution >= 0.6 is 23.2 Å². The lowest BCUT2D eigenvalue weighted by molar-refractivity contribution is -0.152. The van der Waals surface area contributed by atoms with E-state index in [4.69, 9.17) is 27.9 Å². The Hall–Kier alpha value is -1.26. The molecular weight excluding hydrogens is 313 g/mol. The molecule has 1 saturated carbocycles. The number of nitrogens with one attached hydrogen (secondary N) is 1. The topological polar surface area (TPSA) is 55.4 Å². The van der Waals surface area contributed by atoms with E-state index in [1.807, 2.05) is 32.0 Å². The fourth-order valence-electron chi connectivity index (χ4n) is 2.10. The van der Waals surface area contributed by atoms with Crippen molar-refractivity contribution in [2.45, 2.75) is 31.5 Å². The van der Waals surface area contributed by atoms with E-state index in [0.29, 0.717) is 6.42 Å². The van der Waals surface area contributed by atoms with E-state index >= 15 is 0 Å². The van der Waals surface area contributed by atoms with Gasteiger partial charge >= 0.3 is 5.97 Å². The van der Waals surface area contributed by atoms with Crippen molar-refractivity contribution < 1.29 is 14.3 Å². The number of carbonyl (C=O) groups is 2. The number of aryl methyl sites for hydroxylation is 2. The average molecular weight is 330 g/mol. The SMILES string of the molecule is Cc1cccc(C)c1NC(=O)COC(=O)[C@@]1(C)CC1(Cl)Cl. The number of rotatable bonds is 4. The summed E-state index contributed by atoms with van der Waals surface area (Å²) in [5.74, 6) is -0.941. The summed E-state index contributed by atoms with van der Waals surface area (Å²) in [6.07, 6.45) is 0.334. The molecule has 0 aromatic heterocycles. The molecule has 0 aliphatic heterocycles. The van der Waals surface area contributed by atoms with E-state index in [1.54, 1.807) is 6.92 Å². The van der Waals surface area contributed by atoms with E-state index in [1.165, 1.54) is 0 Å². The van der Waals surface area contributed by atoms with Gasteiger partial charge in [0.25, 0.3) is 5.91 Å². The van der Waals surface area contributed by atoms with Crippen LogP contribution in [0.2, 0.25) is 0 Å². The van der Waals surface area contributed by atoms with Gasteiger partial charge in [-0.3, -0.25) is 9.59 Å². The first-order valence-corrected chi connectivity index (χ1v) is 7.34. The highest BCUT2D eigenvalue weighted by molar-refractivity contribution is 6.53. The monoisotopic (exact) mass is 329 g/mol. The predicted molar refractivity (Wildman–Crippen MR) is 82.7 cm³/mol. The molecule has 6 heteroatoms. The minimum absolute atomic E-state index is 0.334. The van der Waals surface area contributed by atoms with Gasteiger partial charge in [-0.1, -0.05) is 18.2 Å². The fourth-order valence-corrected chi connectivity index (χ4v) is 2.79. The van der Waals surface area contributed by atoms with Crippen molar-refractivity contribution in [2.75, 3.05) is 11.9 Å². The van der Waals surface area contributed by atoms with Gasteiger partial charge in [0.1, 0.15) is 9.75 Å². The van der Waals surface area contributed by atoms with Crippen LogP contribution in [0.25, 0.3) is 0 Å². The molecule has 1 N–H and O–H groups in total. The molecule has 1 fully saturated rings. The van der Waals surface area contributed by atoms with Crippen LogP contribution < -0.4 is 5.32 Å². The quantitative estimate of drug-likeness (QED) is 0.680. The number of ether oxygens (including phenoxy) is 1. The van der Waals surface area contributed by atoms with Crippen molar-refractivity contribution in [3.05, 3.63) is 29.3 Å². The summed E-state index contributed by atoms with van der Waals surface area (Å²) < 4.78 is 3.91. The molecule has 0 radical (unpaired) electrons. The maximum absolute atomic E-state index is 11.9. The van der Waals surface area contributed by atoms with Crippen LogP contribution in [-0.2, 0) is 14.3 Å². The van der Waals surface area contributed by atoms with E-state index in [0.717, 1.165) is 16.8 Å². The zero-order valence-electron chi connectivity index (χ0n) is 12.1. The molecular formula is C15H17Cl2NO3. The van der Waals surface area contributed by atoms with Gasteiger partial charge in [0, 0.05) is 12.1 Å². The van der Waals surface area contributed by atoms with Crippen LogP contribution in [0.5, 0.6) is 0 Å². The second-order valence-electron chi connectivity index (χ2n) is 5.60. The summed E-state index contributed by atoms with van der Waals surface area (Å²) in [4.78, 5) is 23.7. The number of para-hydroxylation sites is 1. The van der Waals surface area contributed by atoms with Crippen molar-refractivity contribution in [1.29, 1.82) is 0 Å². The Bertz CT molecular complexity index is 580. The number of hydrogen-bond acceptors (Lipinski definition) is 3. The van der Waals surface area contributed by atoms with Crippen LogP contribution in [0.3, 0.4) is 0 Å². The van der Waals surface area contributed by atoms with Gasteiger partial charge in [0.05, 0.1) is 0 Å². The standard InChI is InChI=1S/C15H17Cl2NO3/c1-9-5-4-6-10(2)12(9)18-11(19)7-21-13(20)14(3)8-15(14,16)17/h4-6H,7-8H2,1-3H3,(H,18,19)/t14-/m1/s1. The van der Waals surface area contributed by atoms with E-state index in [2.05, 4.69) is 5.32 Å². The molecule has 0 bridgehead atoms. The van der Waals surface area contributed by atoms with Gasteiger partial charge in [-0.15, -0.1) is 23.2 Å². The van der Waals surface area contributed by atoms with Crippen LogP contribution in [0.15, 0.2) is 18.2 Å². The number of carbonyl (C=O) groups excluding carboxylic acids is 2. The minimum atomic E-state index is -1.09. The number of benzene rings is 1. The first-order chi connectivity index (χ1) is 9.67. The summed E-state index contributed by atoms with van der Waals surface area (Å²) in [5.41, 5.74) is 1.71. The van der Waals surface area contributed by atoms with Gasteiger partial charge in [-0.05, 0) is 31.9 Å². The van der Waals surface area contributed by atoms with Crippen LogP contribution in [0, 0.1) is 19.3 Å². The second-order valence-corrected chi connectivity index (χ2v) is 7.09. The Kier molecular flexibility index (Phi) is 4.22. The highest BCUT2D eigenvalue weighted by Crippen LogP contribution is 2.64. The summed E-state index contributed by atoms with van der Waals surface area (Å²) in [6.45, 7) is 5.06. The zero-order valence-corrected chi connectivity index (χ0v) is 13.6. The number of amides is 1. The van der Waals surface area contributed by atoms with E-state index in [-0.39, 0.29) is 12.5 Å². The molecule has 114 valence electrons. The molecule has 2 rings (SSSR count). The van der Waals surface area contributed by atoms with Crippen molar-refractivity contribution in [3.8, 4) is 0 Å². The lowest BCUT2D eigenvalue weighted by Gasteiger charge is -2.13. The third kappa shape index (κ3) is 3.16. The molecule has 0 spiro atoms. The lowest BCUT2D eigenvalue weighted by atomic mass is 10.1. The molecule has 0 heterocycles. The highest BCUT2D eigenvalue weighted by Gasteiger charge is 2.69. The van der Waals surface area contributed by atoms with Crippen LogP contribution in [0.1, 0.15) is 24.5 Å².